The first-order chi connectivity index (χ1) is 6.22. The topological polar surface area (TPSA) is 21.3 Å². The van der Waals surface area contributed by atoms with Gasteiger partial charge in [-0.2, -0.15) is 11.8 Å². The Bertz CT molecular complexity index is 109. The van der Waals surface area contributed by atoms with Crippen molar-refractivity contribution in [1.29, 1.82) is 0 Å². The van der Waals surface area contributed by atoms with Gasteiger partial charge in [0, 0.05) is 24.9 Å². The SMILES string of the molecule is CCOCC(NCCSC)C(C)C. The number of hydrogen-bond acceptors (Lipinski definition) is 3. The highest BCUT2D eigenvalue weighted by Gasteiger charge is 2.11. The van der Waals surface area contributed by atoms with Crippen molar-refractivity contribution in [3.8, 4) is 0 Å². The molecule has 0 saturated heterocycles. The van der Waals surface area contributed by atoms with E-state index in [0.717, 1.165) is 19.8 Å². The zero-order valence-electron chi connectivity index (χ0n) is 9.30. The third kappa shape index (κ3) is 7.35. The molecule has 2 nitrogen and oxygen atoms in total. The minimum Gasteiger partial charge on any atom is -0.380 e. The molecule has 0 bridgehead atoms. The maximum Gasteiger partial charge on any atom is 0.0621 e. The monoisotopic (exact) mass is 205 g/mol. The van der Waals surface area contributed by atoms with Crippen molar-refractivity contribution in [3.05, 3.63) is 0 Å². The molecule has 0 spiro atoms. The molecule has 80 valence electrons. The summed E-state index contributed by atoms with van der Waals surface area (Å²) < 4.78 is 5.42. The average Bonchev–Trinajstić information content (AvgIpc) is 2.10. The fraction of sp³-hybridized carbons (Fsp3) is 1.00. The van der Waals surface area contributed by atoms with Gasteiger partial charge in [-0.3, -0.25) is 0 Å². The quantitative estimate of drug-likeness (QED) is 0.612. The van der Waals surface area contributed by atoms with E-state index in [1.54, 1.807) is 0 Å². The molecule has 0 aliphatic carbocycles. The first kappa shape index (κ1) is 13.3. The van der Waals surface area contributed by atoms with Gasteiger partial charge in [0.15, 0.2) is 0 Å². The molecule has 0 fully saturated rings. The zero-order chi connectivity index (χ0) is 10.1. The minimum absolute atomic E-state index is 0.507. The van der Waals surface area contributed by atoms with Crippen LogP contribution >= 0.6 is 11.8 Å². The van der Waals surface area contributed by atoms with Crippen molar-refractivity contribution in [2.24, 2.45) is 5.92 Å². The third-order valence-electron chi connectivity index (χ3n) is 2.02. The number of thioether (sulfide) groups is 1. The van der Waals surface area contributed by atoms with E-state index in [1.807, 2.05) is 18.7 Å². The third-order valence-corrected chi connectivity index (χ3v) is 2.63. The van der Waals surface area contributed by atoms with E-state index >= 15 is 0 Å². The van der Waals surface area contributed by atoms with Gasteiger partial charge in [0.1, 0.15) is 0 Å². The Hall–Kier alpha value is 0.270. The lowest BCUT2D eigenvalue weighted by atomic mass is 10.1. The van der Waals surface area contributed by atoms with E-state index in [0.29, 0.717) is 12.0 Å². The second kappa shape index (κ2) is 8.85. The Morgan fingerprint density at radius 3 is 2.54 bits per heavy atom. The lowest BCUT2D eigenvalue weighted by Crippen LogP contribution is -2.39. The van der Waals surface area contributed by atoms with Crippen LogP contribution in [0.3, 0.4) is 0 Å². The molecule has 1 unspecified atom stereocenters. The minimum atomic E-state index is 0.507. The van der Waals surface area contributed by atoms with Crippen LogP contribution in [0.5, 0.6) is 0 Å². The number of nitrogens with one attached hydrogen (secondary N) is 1. The predicted molar refractivity (Wildman–Crippen MR) is 61.5 cm³/mol. The van der Waals surface area contributed by atoms with Crippen molar-refractivity contribution in [1.82, 2.24) is 5.32 Å². The first-order valence-electron chi connectivity index (χ1n) is 5.02. The van der Waals surface area contributed by atoms with Crippen LogP contribution < -0.4 is 5.32 Å². The van der Waals surface area contributed by atoms with Crippen molar-refractivity contribution >= 4 is 11.8 Å². The normalized spacial score (nSPS) is 13.6. The van der Waals surface area contributed by atoms with Crippen LogP contribution in [0.2, 0.25) is 0 Å². The van der Waals surface area contributed by atoms with E-state index in [2.05, 4.69) is 25.4 Å². The molecule has 3 heteroatoms. The van der Waals surface area contributed by atoms with Crippen molar-refractivity contribution in [2.75, 3.05) is 31.8 Å². The van der Waals surface area contributed by atoms with Gasteiger partial charge in [0.05, 0.1) is 6.61 Å². The lowest BCUT2D eigenvalue weighted by molar-refractivity contribution is 0.109. The van der Waals surface area contributed by atoms with Crippen LogP contribution in [0.4, 0.5) is 0 Å². The average molecular weight is 205 g/mol. The van der Waals surface area contributed by atoms with Crippen LogP contribution in [-0.4, -0.2) is 37.8 Å². The van der Waals surface area contributed by atoms with Crippen LogP contribution in [0.15, 0.2) is 0 Å². The lowest BCUT2D eigenvalue weighted by Gasteiger charge is -2.21. The standard InChI is InChI=1S/C10H23NOS/c1-5-12-8-10(9(2)3)11-6-7-13-4/h9-11H,5-8H2,1-4H3. The molecule has 0 amide bonds. The molecule has 0 saturated carbocycles. The molecule has 0 aliphatic rings. The molecular weight excluding hydrogens is 182 g/mol. The van der Waals surface area contributed by atoms with Crippen LogP contribution in [-0.2, 0) is 4.74 Å². The molecular formula is C10H23NOS. The Balaban J connectivity index is 3.54. The van der Waals surface area contributed by atoms with E-state index in [-0.39, 0.29) is 0 Å². The number of hydrogen-bond donors (Lipinski definition) is 1. The van der Waals surface area contributed by atoms with Gasteiger partial charge < -0.3 is 10.1 Å². The molecule has 0 aromatic rings. The van der Waals surface area contributed by atoms with Gasteiger partial charge in [-0.05, 0) is 19.1 Å². The second-order valence-corrected chi connectivity index (χ2v) is 4.44. The summed E-state index contributed by atoms with van der Waals surface area (Å²) in [5.74, 6) is 1.82. The highest BCUT2D eigenvalue weighted by molar-refractivity contribution is 7.98. The molecule has 0 aromatic heterocycles. The summed E-state index contributed by atoms with van der Waals surface area (Å²) >= 11 is 1.88. The molecule has 1 atom stereocenters. The Morgan fingerprint density at radius 1 is 1.38 bits per heavy atom. The van der Waals surface area contributed by atoms with Gasteiger partial charge in [-0.25, -0.2) is 0 Å². The maximum absolute atomic E-state index is 5.42. The fourth-order valence-corrected chi connectivity index (χ4v) is 1.40. The Labute approximate surface area is 86.8 Å². The summed E-state index contributed by atoms with van der Waals surface area (Å²) in [6.45, 7) is 9.23. The summed E-state index contributed by atoms with van der Waals surface area (Å²) in [5.41, 5.74) is 0. The molecule has 13 heavy (non-hydrogen) atoms. The molecule has 0 rings (SSSR count). The molecule has 0 aromatic carbocycles. The summed E-state index contributed by atoms with van der Waals surface area (Å²) in [6, 6.07) is 0.507. The van der Waals surface area contributed by atoms with Gasteiger partial charge >= 0.3 is 0 Å². The van der Waals surface area contributed by atoms with Gasteiger partial charge in [0.2, 0.25) is 0 Å². The first-order valence-corrected chi connectivity index (χ1v) is 6.41. The summed E-state index contributed by atoms with van der Waals surface area (Å²) in [6.07, 6.45) is 2.13. The summed E-state index contributed by atoms with van der Waals surface area (Å²) in [5, 5.41) is 3.51. The van der Waals surface area contributed by atoms with Crippen LogP contribution in [0, 0.1) is 5.92 Å². The van der Waals surface area contributed by atoms with E-state index in [4.69, 9.17) is 4.74 Å². The van der Waals surface area contributed by atoms with Crippen molar-refractivity contribution in [3.63, 3.8) is 0 Å². The smallest absolute Gasteiger partial charge is 0.0621 e. The second-order valence-electron chi connectivity index (χ2n) is 3.46. The number of rotatable bonds is 8. The molecule has 0 heterocycles. The highest BCUT2D eigenvalue weighted by Crippen LogP contribution is 2.02. The van der Waals surface area contributed by atoms with Crippen molar-refractivity contribution < 1.29 is 4.74 Å². The highest BCUT2D eigenvalue weighted by atomic mass is 32.2. The molecule has 0 radical (unpaired) electrons. The molecule has 0 aliphatic heterocycles. The van der Waals surface area contributed by atoms with Crippen molar-refractivity contribution in [2.45, 2.75) is 26.8 Å². The molecule has 1 N–H and O–H groups in total. The van der Waals surface area contributed by atoms with Crippen LogP contribution in [0.1, 0.15) is 20.8 Å². The fourth-order valence-electron chi connectivity index (χ4n) is 1.08. The van der Waals surface area contributed by atoms with Gasteiger partial charge in [-0.15, -0.1) is 0 Å². The Morgan fingerprint density at radius 2 is 2.08 bits per heavy atom. The zero-order valence-corrected chi connectivity index (χ0v) is 10.1. The van der Waals surface area contributed by atoms with Gasteiger partial charge in [-0.1, -0.05) is 13.8 Å². The number of ether oxygens (including phenoxy) is 1. The summed E-state index contributed by atoms with van der Waals surface area (Å²) in [7, 11) is 0. The van der Waals surface area contributed by atoms with E-state index in [9.17, 15) is 0 Å². The van der Waals surface area contributed by atoms with E-state index in [1.165, 1.54) is 5.75 Å². The maximum atomic E-state index is 5.42. The van der Waals surface area contributed by atoms with Gasteiger partial charge in [0.25, 0.3) is 0 Å². The largest absolute Gasteiger partial charge is 0.380 e. The van der Waals surface area contributed by atoms with E-state index < -0.39 is 0 Å². The summed E-state index contributed by atoms with van der Waals surface area (Å²) in [4.78, 5) is 0. The van der Waals surface area contributed by atoms with Crippen LogP contribution in [0.25, 0.3) is 0 Å². The predicted octanol–water partition coefficient (Wildman–Crippen LogP) is 2.00. The Kier molecular flexibility index (Phi) is 9.03.